The number of piperidine rings is 1. The Bertz CT molecular complexity index is 804. The van der Waals surface area contributed by atoms with Crippen molar-refractivity contribution in [3.05, 3.63) is 23.7 Å². The van der Waals surface area contributed by atoms with Gasteiger partial charge >= 0.3 is 0 Å². The topological polar surface area (TPSA) is 116 Å². The maximum Gasteiger partial charge on any atom is 0.287 e. The van der Waals surface area contributed by atoms with Gasteiger partial charge in [-0.25, -0.2) is 12.7 Å². The number of nitrogens with one attached hydrogen (secondary N) is 3. The average molecular weight is 570 g/mol. The minimum Gasteiger partial charge on any atom is -0.459 e. The Hall–Kier alpha value is -1.34. The highest BCUT2D eigenvalue weighted by atomic mass is 127. The fourth-order valence-electron chi connectivity index (χ4n) is 3.34. The van der Waals surface area contributed by atoms with E-state index in [4.69, 9.17) is 4.42 Å². The van der Waals surface area contributed by atoms with E-state index >= 15 is 0 Å². The molecule has 1 fully saturated rings. The van der Waals surface area contributed by atoms with E-state index in [-0.39, 0.29) is 41.7 Å². The number of aliphatic imine (C=N–C) groups is 1. The van der Waals surface area contributed by atoms with E-state index in [1.807, 2.05) is 20.8 Å². The van der Waals surface area contributed by atoms with Crippen molar-refractivity contribution in [3.8, 4) is 0 Å². The van der Waals surface area contributed by atoms with Crippen LogP contribution in [0.5, 0.6) is 0 Å². The van der Waals surface area contributed by atoms with Crippen LogP contribution in [0.3, 0.4) is 0 Å². The molecule has 1 aliphatic heterocycles. The number of guanidine groups is 1. The van der Waals surface area contributed by atoms with Gasteiger partial charge in [-0.3, -0.25) is 9.79 Å². The summed E-state index contributed by atoms with van der Waals surface area (Å²) in [5.41, 5.74) is 0.817. The summed E-state index contributed by atoms with van der Waals surface area (Å²) in [6.45, 7) is 8.61. The molecule has 1 amide bonds. The molecule has 0 bridgehead atoms. The normalized spacial score (nSPS) is 15.9. The van der Waals surface area contributed by atoms with E-state index in [1.165, 1.54) is 6.26 Å². The number of furan rings is 1. The van der Waals surface area contributed by atoms with Gasteiger partial charge in [-0.2, -0.15) is 0 Å². The van der Waals surface area contributed by atoms with Crippen LogP contribution in [0.1, 0.15) is 55.6 Å². The first kappa shape index (κ1) is 27.7. The molecule has 1 aliphatic rings. The number of carbonyl (C=O) groups is 1. The highest BCUT2D eigenvalue weighted by Gasteiger charge is 2.27. The second kappa shape index (κ2) is 13.9. The molecular formula is C20H36IN5O4S. The zero-order valence-electron chi connectivity index (χ0n) is 18.6. The molecule has 11 heteroatoms. The number of aryl methyl sites for hydroxylation is 1. The van der Waals surface area contributed by atoms with E-state index in [0.29, 0.717) is 44.8 Å². The molecule has 0 saturated carbocycles. The largest absolute Gasteiger partial charge is 0.459 e. The van der Waals surface area contributed by atoms with Gasteiger partial charge in [0.2, 0.25) is 10.0 Å². The van der Waals surface area contributed by atoms with Crippen LogP contribution in [0.15, 0.2) is 21.7 Å². The number of amides is 1. The summed E-state index contributed by atoms with van der Waals surface area (Å²) in [5, 5.41) is 9.47. The van der Waals surface area contributed by atoms with Crippen molar-refractivity contribution in [2.24, 2.45) is 4.99 Å². The molecule has 0 aliphatic carbocycles. The summed E-state index contributed by atoms with van der Waals surface area (Å²) in [5.74, 6) is 1.07. The lowest BCUT2D eigenvalue weighted by molar-refractivity contribution is 0.0925. The number of sulfonamides is 1. The molecule has 2 rings (SSSR count). The standard InChI is InChI=1S/C20H35N5O4S.HI/c1-4-15-30(27,28)25-12-7-17(8-13-25)24-20(21-5-2)23-11-6-10-22-19(26)18-16(3)9-14-29-18;/h9,14,17H,4-8,10-13,15H2,1-3H3,(H,22,26)(H2,21,23,24);1H. The maximum atomic E-state index is 12.2. The number of hydrogen-bond donors (Lipinski definition) is 3. The predicted octanol–water partition coefficient (Wildman–Crippen LogP) is 2.09. The Morgan fingerprint density at radius 2 is 1.97 bits per heavy atom. The fraction of sp³-hybridized carbons (Fsp3) is 0.700. The molecule has 1 aromatic heterocycles. The molecule has 9 nitrogen and oxygen atoms in total. The first-order valence-corrected chi connectivity index (χ1v) is 12.3. The highest BCUT2D eigenvalue weighted by Crippen LogP contribution is 2.15. The second-order valence-electron chi connectivity index (χ2n) is 7.44. The van der Waals surface area contributed by atoms with Crippen LogP contribution in [0, 0.1) is 6.92 Å². The van der Waals surface area contributed by atoms with Crippen molar-refractivity contribution in [3.63, 3.8) is 0 Å². The minimum atomic E-state index is -3.12. The Labute approximate surface area is 202 Å². The van der Waals surface area contributed by atoms with E-state index in [9.17, 15) is 13.2 Å². The van der Waals surface area contributed by atoms with Crippen LogP contribution < -0.4 is 16.0 Å². The van der Waals surface area contributed by atoms with Crippen LogP contribution in [-0.2, 0) is 10.0 Å². The van der Waals surface area contributed by atoms with Crippen LogP contribution in [0.4, 0.5) is 0 Å². The summed E-state index contributed by atoms with van der Waals surface area (Å²) in [6, 6.07) is 1.95. The summed E-state index contributed by atoms with van der Waals surface area (Å²) in [7, 11) is -3.12. The quantitative estimate of drug-likeness (QED) is 0.172. The molecule has 0 unspecified atom stereocenters. The van der Waals surface area contributed by atoms with E-state index in [1.54, 1.807) is 10.4 Å². The first-order chi connectivity index (χ1) is 14.4. The Balaban J connectivity index is 0.00000480. The molecule has 0 atom stereocenters. The SMILES string of the molecule is CCCS(=O)(=O)N1CCC(NC(=NCCCNC(=O)c2occc2C)NCC)CC1.I. The van der Waals surface area contributed by atoms with Gasteiger partial charge < -0.3 is 20.4 Å². The van der Waals surface area contributed by atoms with Gasteiger partial charge in [-0.05, 0) is 45.6 Å². The first-order valence-electron chi connectivity index (χ1n) is 10.7. The van der Waals surface area contributed by atoms with Crippen LogP contribution in [-0.4, -0.2) is 69.1 Å². The molecule has 31 heavy (non-hydrogen) atoms. The fourth-order valence-corrected chi connectivity index (χ4v) is 4.88. The minimum absolute atomic E-state index is 0. The van der Waals surface area contributed by atoms with Crippen molar-refractivity contribution in [2.75, 3.05) is 38.5 Å². The summed E-state index contributed by atoms with van der Waals surface area (Å²) < 4.78 is 31.2. The molecule has 2 heterocycles. The van der Waals surface area contributed by atoms with Crippen LogP contribution >= 0.6 is 24.0 Å². The Morgan fingerprint density at radius 1 is 1.26 bits per heavy atom. The van der Waals surface area contributed by atoms with Gasteiger partial charge in [0.25, 0.3) is 5.91 Å². The predicted molar refractivity (Wildman–Crippen MR) is 134 cm³/mol. The van der Waals surface area contributed by atoms with E-state index in [0.717, 1.165) is 30.9 Å². The van der Waals surface area contributed by atoms with Crippen molar-refractivity contribution < 1.29 is 17.6 Å². The van der Waals surface area contributed by atoms with Crippen molar-refractivity contribution in [1.29, 1.82) is 0 Å². The number of hydrogen-bond acceptors (Lipinski definition) is 5. The number of nitrogens with zero attached hydrogens (tertiary/aromatic N) is 2. The maximum absolute atomic E-state index is 12.2. The van der Waals surface area contributed by atoms with Gasteiger partial charge in [0.1, 0.15) is 0 Å². The molecule has 0 spiro atoms. The third kappa shape index (κ3) is 8.97. The molecule has 3 N–H and O–H groups in total. The molecular weight excluding hydrogens is 533 g/mol. The van der Waals surface area contributed by atoms with Crippen molar-refractivity contribution in [2.45, 2.75) is 52.5 Å². The number of halogens is 1. The zero-order chi connectivity index (χ0) is 22.0. The van der Waals surface area contributed by atoms with Gasteiger partial charge in [0, 0.05) is 44.3 Å². The molecule has 1 aromatic rings. The van der Waals surface area contributed by atoms with Crippen molar-refractivity contribution >= 4 is 45.9 Å². The smallest absolute Gasteiger partial charge is 0.287 e. The number of carbonyl (C=O) groups excluding carboxylic acids is 1. The molecule has 0 aromatic carbocycles. The molecule has 1 saturated heterocycles. The Kier molecular flexibility index (Phi) is 12.5. The third-order valence-corrected chi connectivity index (χ3v) is 7.03. The zero-order valence-corrected chi connectivity index (χ0v) is 21.8. The molecule has 178 valence electrons. The van der Waals surface area contributed by atoms with Gasteiger partial charge in [-0.15, -0.1) is 24.0 Å². The van der Waals surface area contributed by atoms with Gasteiger partial charge in [0.15, 0.2) is 11.7 Å². The highest BCUT2D eigenvalue weighted by molar-refractivity contribution is 14.0. The lowest BCUT2D eigenvalue weighted by Crippen LogP contribution is -2.50. The van der Waals surface area contributed by atoms with E-state index in [2.05, 4.69) is 20.9 Å². The van der Waals surface area contributed by atoms with E-state index < -0.39 is 10.0 Å². The third-order valence-electron chi connectivity index (χ3n) is 4.95. The summed E-state index contributed by atoms with van der Waals surface area (Å²) in [6.07, 6.45) is 4.36. The van der Waals surface area contributed by atoms with Crippen LogP contribution in [0.25, 0.3) is 0 Å². The van der Waals surface area contributed by atoms with Crippen molar-refractivity contribution in [1.82, 2.24) is 20.3 Å². The summed E-state index contributed by atoms with van der Waals surface area (Å²) >= 11 is 0. The van der Waals surface area contributed by atoms with Gasteiger partial charge in [0.05, 0.1) is 12.0 Å². The average Bonchev–Trinajstić information content (AvgIpc) is 3.14. The summed E-state index contributed by atoms with van der Waals surface area (Å²) in [4.78, 5) is 16.6. The molecule has 0 radical (unpaired) electrons. The van der Waals surface area contributed by atoms with Gasteiger partial charge in [-0.1, -0.05) is 6.92 Å². The Morgan fingerprint density at radius 3 is 2.55 bits per heavy atom. The number of rotatable bonds is 10. The van der Waals surface area contributed by atoms with Crippen LogP contribution in [0.2, 0.25) is 0 Å². The second-order valence-corrected chi connectivity index (χ2v) is 9.52. The lowest BCUT2D eigenvalue weighted by atomic mass is 10.1. The lowest BCUT2D eigenvalue weighted by Gasteiger charge is -2.32. The monoisotopic (exact) mass is 569 g/mol.